The number of rotatable bonds is 4. The van der Waals surface area contributed by atoms with Crippen LogP contribution >= 0.6 is 0 Å². The van der Waals surface area contributed by atoms with E-state index in [0.717, 1.165) is 6.29 Å². The Labute approximate surface area is 72.9 Å². The van der Waals surface area contributed by atoms with Crippen molar-refractivity contribution in [2.75, 3.05) is 7.05 Å². The van der Waals surface area contributed by atoms with E-state index >= 15 is 0 Å². The Bertz CT molecular complexity index is 170. The average molecular weight is 172 g/mol. The molecule has 2 unspecified atom stereocenters. The van der Waals surface area contributed by atoms with Crippen LogP contribution in [-0.4, -0.2) is 36.3 Å². The van der Waals surface area contributed by atoms with Gasteiger partial charge in [0.25, 0.3) is 0 Å². The van der Waals surface area contributed by atoms with E-state index in [0.29, 0.717) is 0 Å². The van der Waals surface area contributed by atoms with Crippen molar-refractivity contribution in [3.8, 4) is 0 Å². The van der Waals surface area contributed by atoms with E-state index in [1.807, 2.05) is 6.92 Å². The van der Waals surface area contributed by atoms with Crippen molar-refractivity contribution < 1.29 is 9.59 Å². The Hall–Kier alpha value is -0.900. The highest BCUT2D eigenvalue weighted by Crippen LogP contribution is 1.92. The topological polar surface area (TPSA) is 49.4 Å². The molecule has 4 heteroatoms. The fourth-order valence-electron chi connectivity index (χ4n) is 0.804. The van der Waals surface area contributed by atoms with Crippen LogP contribution in [0.1, 0.15) is 20.8 Å². The summed E-state index contributed by atoms with van der Waals surface area (Å²) in [6.07, 6.45) is 0.701. The molecule has 0 aliphatic carbocycles. The summed E-state index contributed by atoms with van der Waals surface area (Å²) in [6, 6.07) is -0.221. The standard InChI is InChI=1S/C8H16N2O2/c1-6(5-11)9-7(2)10(4)8(3)12/h5-7,9H,1-4H3. The largest absolute Gasteiger partial charge is 0.331 e. The molecule has 12 heavy (non-hydrogen) atoms. The second-order valence-electron chi connectivity index (χ2n) is 2.90. The van der Waals surface area contributed by atoms with Gasteiger partial charge in [0.2, 0.25) is 5.91 Å². The summed E-state index contributed by atoms with van der Waals surface area (Å²) in [5.74, 6) is -0.0203. The predicted octanol–water partition coefficient (Wildman–Crippen LogP) is -0.0123. The van der Waals surface area contributed by atoms with Crippen LogP contribution in [0.15, 0.2) is 0 Å². The summed E-state index contributed by atoms with van der Waals surface area (Å²) in [7, 11) is 1.69. The van der Waals surface area contributed by atoms with Crippen LogP contribution < -0.4 is 5.32 Å². The van der Waals surface area contributed by atoms with Gasteiger partial charge in [0, 0.05) is 14.0 Å². The van der Waals surface area contributed by atoms with E-state index in [1.54, 1.807) is 18.9 Å². The van der Waals surface area contributed by atoms with Gasteiger partial charge >= 0.3 is 0 Å². The molecule has 4 nitrogen and oxygen atoms in total. The van der Waals surface area contributed by atoms with Crippen LogP contribution in [-0.2, 0) is 9.59 Å². The molecule has 2 atom stereocenters. The lowest BCUT2D eigenvalue weighted by Crippen LogP contribution is -2.47. The summed E-state index contributed by atoms with van der Waals surface area (Å²) in [5.41, 5.74) is 0. The number of amides is 1. The van der Waals surface area contributed by atoms with Crippen molar-refractivity contribution in [2.24, 2.45) is 0 Å². The molecule has 0 saturated carbocycles. The SMILES string of the molecule is CC(=O)N(C)C(C)NC(C)C=O. The Balaban J connectivity index is 3.94. The first-order chi connectivity index (χ1) is 5.49. The third-order valence-corrected chi connectivity index (χ3v) is 1.79. The Morgan fingerprint density at radius 1 is 1.50 bits per heavy atom. The Kier molecular flexibility index (Phi) is 4.51. The quantitative estimate of drug-likeness (QED) is 0.479. The molecular formula is C8H16N2O2. The maximum atomic E-state index is 10.9. The van der Waals surface area contributed by atoms with Crippen molar-refractivity contribution in [2.45, 2.75) is 33.0 Å². The molecule has 1 amide bonds. The van der Waals surface area contributed by atoms with Crippen LogP contribution in [0.3, 0.4) is 0 Å². The summed E-state index contributed by atoms with van der Waals surface area (Å²) in [5, 5.41) is 2.95. The maximum Gasteiger partial charge on any atom is 0.220 e. The molecular weight excluding hydrogens is 156 g/mol. The molecule has 0 spiro atoms. The third kappa shape index (κ3) is 3.48. The number of hydrogen-bond acceptors (Lipinski definition) is 3. The van der Waals surface area contributed by atoms with Gasteiger partial charge in [-0.15, -0.1) is 0 Å². The van der Waals surface area contributed by atoms with Gasteiger partial charge in [0.15, 0.2) is 0 Å². The van der Waals surface area contributed by atoms with E-state index in [4.69, 9.17) is 0 Å². The predicted molar refractivity (Wildman–Crippen MR) is 46.6 cm³/mol. The molecule has 70 valence electrons. The van der Waals surface area contributed by atoms with Gasteiger partial charge in [-0.2, -0.15) is 0 Å². The first-order valence-corrected chi connectivity index (χ1v) is 3.93. The maximum absolute atomic E-state index is 10.9. The minimum atomic E-state index is -0.221. The molecule has 0 rings (SSSR count). The van der Waals surface area contributed by atoms with Gasteiger partial charge in [-0.3, -0.25) is 10.1 Å². The van der Waals surface area contributed by atoms with Crippen molar-refractivity contribution in [3.05, 3.63) is 0 Å². The zero-order valence-corrected chi connectivity index (χ0v) is 8.00. The zero-order chi connectivity index (χ0) is 9.72. The minimum absolute atomic E-state index is 0.0203. The van der Waals surface area contributed by atoms with E-state index in [-0.39, 0.29) is 18.1 Å². The van der Waals surface area contributed by atoms with E-state index < -0.39 is 0 Å². The van der Waals surface area contributed by atoms with Crippen LogP contribution in [0.25, 0.3) is 0 Å². The highest BCUT2D eigenvalue weighted by atomic mass is 16.2. The molecule has 0 bridgehead atoms. The fourth-order valence-corrected chi connectivity index (χ4v) is 0.804. The average Bonchev–Trinajstić information content (AvgIpc) is 2.02. The lowest BCUT2D eigenvalue weighted by atomic mass is 10.3. The van der Waals surface area contributed by atoms with Gasteiger partial charge in [-0.1, -0.05) is 0 Å². The van der Waals surface area contributed by atoms with Gasteiger partial charge in [0.05, 0.1) is 12.2 Å². The molecule has 0 radical (unpaired) electrons. The van der Waals surface area contributed by atoms with Gasteiger partial charge in [-0.25, -0.2) is 0 Å². The second-order valence-corrected chi connectivity index (χ2v) is 2.90. The van der Waals surface area contributed by atoms with Crippen molar-refractivity contribution in [3.63, 3.8) is 0 Å². The van der Waals surface area contributed by atoms with E-state index in [1.165, 1.54) is 6.92 Å². The van der Waals surface area contributed by atoms with Crippen LogP contribution in [0.4, 0.5) is 0 Å². The Morgan fingerprint density at radius 2 is 2.00 bits per heavy atom. The molecule has 0 saturated heterocycles. The molecule has 0 aliphatic rings. The summed E-state index contributed by atoms with van der Waals surface area (Å²) < 4.78 is 0. The molecule has 0 fully saturated rings. The molecule has 0 aliphatic heterocycles. The van der Waals surface area contributed by atoms with E-state index in [9.17, 15) is 9.59 Å². The number of aldehydes is 1. The summed E-state index contributed by atoms with van der Waals surface area (Å²) in [6.45, 7) is 5.07. The van der Waals surface area contributed by atoms with Crippen molar-refractivity contribution >= 4 is 12.2 Å². The highest BCUT2D eigenvalue weighted by Gasteiger charge is 2.12. The van der Waals surface area contributed by atoms with Crippen LogP contribution in [0.5, 0.6) is 0 Å². The second kappa shape index (κ2) is 4.87. The summed E-state index contributed by atoms with van der Waals surface area (Å²) in [4.78, 5) is 22.7. The highest BCUT2D eigenvalue weighted by molar-refractivity contribution is 5.73. The fraction of sp³-hybridized carbons (Fsp3) is 0.750. The van der Waals surface area contributed by atoms with Gasteiger partial charge < -0.3 is 9.69 Å². The first kappa shape index (κ1) is 11.1. The molecule has 0 aromatic rings. The third-order valence-electron chi connectivity index (χ3n) is 1.79. The van der Waals surface area contributed by atoms with Gasteiger partial charge in [-0.05, 0) is 13.8 Å². The first-order valence-electron chi connectivity index (χ1n) is 3.93. The molecule has 1 N–H and O–H groups in total. The lowest BCUT2D eigenvalue weighted by Gasteiger charge is -2.25. The molecule has 0 aromatic heterocycles. The number of carbonyl (C=O) groups excluding carboxylic acids is 2. The normalized spacial score (nSPS) is 15.0. The van der Waals surface area contributed by atoms with Crippen LogP contribution in [0.2, 0.25) is 0 Å². The van der Waals surface area contributed by atoms with Crippen molar-refractivity contribution in [1.29, 1.82) is 0 Å². The number of hydrogen-bond donors (Lipinski definition) is 1. The monoisotopic (exact) mass is 172 g/mol. The van der Waals surface area contributed by atoms with Gasteiger partial charge in [0.1, 0.15) is 6.29 Å². The smallest absolute Gasteiger partial charge is 0.220 e. The van der Waals surface area contributed by atoms with Crippen LogP contribution in [0, 0.1) is 0 Å². The van der Waals surface area contributed by atoms with E-state index in [2.05, 4.69) is 5.32 Å². The lowest BCUT2D eigenvalue weighted by molar-refractivity contribution is -0.130. The molecule has 0 aromatic carbocycles. The number of carbonyl (C=O) groups is 2. The Morgan fingerprint density at radius 3 is 2.33 bits per heavy atom. The van der Waals surface area contributed by atoms with Crippen molar-refractivity contribution in [1.82, 2.24) is 10.2 Å². The minimum Gasteiger partial charge on any atom is -0.331 e. The molecule has 0 heterocycles. The zero-order valence-electron chi connectivity index (χ0n) is 8.00. The number of nitrogens with one attached hydrogen (secondary N) is 1. The summed E-state index contributed by atoms with van der Waals surface area (Å²) >= 11 is 0. The number of nitrogens with zero attached hydrogens (tertiary/aromatic N) is 1.